The summed E-state index contributed by atoms with van der Waals surface area (Å²) in [5.74, 6) is 0.689. The molecule has 1 rings (SSSR count). The van der Waals surface area contributed by atoms with Crippen LogP contribution in [0.3, 0.4) is 0 Å². The number of aliphatic hydroxyl groups excluding tert-OH is 1. The minimum absolute atomic E-state index is 0.116. The molecule has 0 bridgehead atoms. The number of aliphatic hydroxyl groups is 1. The summed E-state index contributed by atoms with van der Waals surface area (Å²) in [5, 5.41) is 9.14. The first-order valence-corrected chi connectivity index (χ1v) is 5.36. The fraction of sp³-hybridized carbons (Fsp3) is 1.00. The van der Waals surface area contributed by atoms with E-state index in [1.54, 1.807) is 6.92 Å². The van der Waals surface area contributed by atoms with Gasteiger partial charge in [0.1, 0.15) is 0 Å². The summed E-state index contributed by atoms with van der Waals surface area (Å²) in [7, 11) is 0. The van der Waals surface area contributed by atoms with Gasteiger partial charge in [-0.2, -0.15) is 0 Å². The van der Waals surface area contributed by atoms with Crippen LogP contribution < -0.4 is 0 Å². The standard InChI is InChI=1S/C11H22O2/c1-9(2)7-11(5-4-6-11)13-8-10(3)12/h9-10,12H,4-8H2,1-3H3. The van der Waals surface area contributed by atoms with Crippen LogP contribution in [0.1, 0.15) is 46.5 Å². The van der Waals surface area contributed by atoms with Gasteiger partial charge in [-0.1, -0.05) is 13.8 Å². The third-order valence-corrected chi connectivity index (χ3v) is 2.68. The van der Waals surface area contributed by atoms with Gasteiger partial charge < -0.3 is 9.84 Å². The molecule has 2 nitrogen and oxygen atoms in total. The van der Waals surface area contributed by atoms with Gasteiger partial charge in [-0.05, 0) is 38.5 Å². The van der Waals surface area contributed by atoms with E-state index in [1.807, 2.05) is 0 Å². The van der Waals surface area contributed by atoms with Crippen molar-refractivity contribution in [2.45, 2.75) is 58.2 Å². The molecule has 0 radical (unpaired) electrons. The third kappa shape index (κ3) is 3.28. The fourth-order valence-electron chi connectivity index (χ4n) is 2.02. The molecule has 0 aromatic heterocycles. The Hall–Kier alpha value is -0.0800. The summed E-state index contributed by atoms with van der Waals surface area (Å²) in [4.78, 5) is 0. The Morgan fingerprint density at radius 2 is 1.92 bits per heavy atom. The van der Waals surface area contributed by atoms with Gasteiger partial charge in [0.25, 0.3) is 0 Å². The lowest BCUT2D eigenvalue weighted by molar-refractivity contribution is -0.131. The lowest BCUT2D eigenvalue weighted by Crippen LogP contribution is -2.42. The molecule has 0 amide bonds. The Kier molecular flexibility index (Phi) is 3.74. The van der Waals surface area contributed by atoms with E-state index in [9.17, 15) is 0 Å². The summed E-state index contributed by atoms with van der Waals surface area (Å²) >= 11 is 0. The molecule has 1 N–H and O–H groups in total. The van der Waals surface area contributed by atoms with Crippen molar-refractivity contribution in [3.05, 3.63) is 0 Å². The average Bonchev–Trinajstić information content (AvgIpc) is 1.93. The summed E-state index contributed by atoms with van der Waals surface area (Å²) in [6, 6.07) is 0. The zero-order chi connectivity index (χ0) is 9.90. The molecule has 0 spiro atoms. The van der Waals surface area contributed by atoms with Crippen LogP contribution in [-0.2, 0) is 4.74 Å². The van der Waals surface area contributed by atoms with Crippen LogP contribution in [0.25, 0.3) is 0 Å². The normalized spacial score (nSPS) is 22.8. The second kappa shape index (κ2) is 4.43. The first-order valence-electron chi connectivity index (χ1n) is 5.36. The van der Waals surface area contributed by atoms with E-state index in [2.05, 4.69) is 13.8 Å². The van der Waals surface area contributed by atoms with Crippen molar-refractivity contribution in [1.82, 2.24) is 0 Å². The van der Waals surface area contributed by atoms with Crippen molar-refractivity contribution in [3.8, 4) is 0 Å². The SMILES string of the molecule is CC(C)CC1(OCC(C)O)CCC1. The highest BCUT2D eigenvalue weighted by Gasteiger charge is 2.38. The molecular weight excluding hydrogens is 164 g/mol. The van der Waals surface area contributed by atoms with E-state index < -0.39 is 0 Å². The van der Waals surface area contributed by atoms with Gasteiger partial charge in [0.2, 0.25) is 0 Å². The number of ether oxygens (including phenoxy) is 1. The van der Waals surface area contributed by atoms with Crippen LogP contribution in [0.4, 0.5) is 0 Å². The first-order chi connectivity index (χ1) is 6.04. The molecule has 78 valence electrons. The zero-order valence-corrected chi connectivity index (χ0v) is 9.05. The summed E-state index contributed by atoms with van der Waals surface area (Å²) in [5.41, 5.74) is 0.116. The number of rotatable bonds is 5. The first kappa shape index (κ1) is 11.0. The molecule has 1 atom stereocenters. The summed E-state index contributed by atoms with van der Waals surface area (Å²) in [6.45, 7) is 6.73. The van der Waals surface area contributed by atoms with Gasteiger partial charge in [-0.15, -0.1) is 0 Å². The van der Waals surface area contributed by atoms with E-state index in [0.29, 0.717) is 12.5 Å². The Labute approximate surface area is 81.3 Å². The Balaban J connectivity index is 2.31. The van der Waals surface area contributed by atoms with Crippen molar-refractivity contribution in [2.24, 2.45) is 5.92 Å². The largest absolute Gasteiger partial charge is 0.391 e. The summed E-state index contributed by atoms with van der Waals surface area (Å²) in [6.07, 6.45) is 4.45. The highest BCUT2D eigenvalue weighted by atomic mass is 16.5. The van der Waals surface area contributed by atoms with Crippen LogP contribution >= 0.6 is 0 Å². The van der Waals surface area contributed by atoms with Crippen LogP contribution in [0, 0.1) is 5.92 Å². The minimum atomic E-state index is -0.329. The Morgan fingerprint density at radius 1 is 1.31 bits per heavy atom. The Bertz CT molecular complexity index is 148. The highest BCUT2D eigenvalue weighted by molar-refractivity contribution is 4.90. The average molecular weight is 186 g/mol. The quantitative estimate of drug-likeness (QED) is 0.714. The summed E-state index contributed by atoms with van der Waals surface area (Å²) < 4.78 is 5.79. The van der Waals surface area contributed by atoms with Gasteiger partial charge in [-0.3, -0.25) is 0 Å². The molecule has 2 heteroatoms. The van der Waals surface area contributed by atoms with E-state index in [-0.39, 0.29) is 11.7 Å². The molecule has 1 aliphatic carbocycles. The van der Waals surface area contributed by atoms with Gasteiger partial charge in [0.05, 0.1) is 18.3 Å². The lowest BCUT2D eigenvalue weighted by atomic mass is 9.74. The predicted molar refractivity (Wildman–Crippen MR) is 53.7 cm³/mol. The second-order valence-electron chi connectivity index (χ2n) is 4.79. The van der Waals surface area contributed by atoms with Gasteiger partial charge in [0.15, 0.2) is 0 Å². The molecule has 0 aliphatic heterocycles. The monoisotopic (exact) mass is 186 g/mol. The second-order valence-corrected chi connectivity index (χ2v) is 4.79. The number of hydrogen-bond acceptors (Lipinski definition) is 2. The zero-order valence-electron chi connectivity index (χ0n) is 9.05. The van der Waals surface area contributed by atoms with E-state index in [0.717, 1.165) is 6.42 Å². The highest BCUT2D eigenvalue weighted by Crippen LogP contribution is 2.40. The lowest BCUT2D eigenvalue weighted by Gasteiger charge is -2.43. The molecule has 1 saturated carbocycles. The molecular formula is C11H22O2. The molecule has 1 unspecified atom stereocenters. The van der Waals surface area contributed by atoms with Crippen LogP contribution in [0.15, 0.2) is 0 Å². The molecule has 1 aliphatic rings. The maximum atomic E-state index is 9.14. The maximum absolute atomic E-state index is 9.14. The number of hydrogen-bond donors (Lipinski definition) is 1. The van der Waals surface area contributed by atoms with Crippen molar-refractivity contribution >= 4 is 0 Å². The van der Waals surface area contributed by atoms with Crippen molar-refractivity contribution < 1.29 is 9.84 Å². The fourth-order valence-corrected chi connectivity index (χ4v) is 2.02. The molecule has 0 aromatic rings. The van der Waals surface area contributed by atoms with Crippen molar-refractivity contribution in [3.63, 3.8) is 0 Å². The maximum Gasteiger partial charge on any atom is 0.0745 e. The molecule has 0 heterocycles. The van der Waals surface area contributed by atoms with E-state index in [4.69, 9.17) is 9.84 Å². The van der Waals surface area contributed by atoms with E-state index >= 15 is 0 Å². The van der Waals surface area contributed by atoms with Gasteiger partial charge in [-0.25, -0.2) is 0 Å². The van der Waals surface area contributed by atoms with Crippen molar-refractivity contribution in [2.75, 3.05) is 6.61 Å². The van der Waals surface area contributed by atoms with Crippen LogP contribution in [0.5, 0.6) is 0 Å². The molecule has 1 fully saturated rings. The van der Waals surface area contributed by atoms with Gasteiger partial charge >= 0.3 is 0 Å². The Morgan fingerprint density at radius 3 is 2.23 bits per heavy atom. The molecule has 0 aromatic carbocycles. The van der Waals surface area contributed by atoms with Crippen LogP contribution in [-0.4, -0.2) is 23.4 Å². The van der Waals surface area contributed by atoms with Crippen molar-refractivity contribution in [1.29, 1.82) is 0 Å². The molecule has 13 heavy (non-hydrogen) atoms. The van der Waals surface area contributed by atoms with Crippen LogP contribution in [0.2, 0.25) is 0 Å². The van der Waals surface area contributed by atoms with E-state index in [1.165, 1.54) is 19.3 Å². The minimum Gasteiger partial charge on any atom is -0.391 e. The molecule has 0 saturated heterocycles. The third-order valence-electron chi connectivity index (χ3n) is 2.68. The smallest absolute Gasteiger partial charge is 0.0745 e. The topological polar surface area (TPSA) is 29.5 Å². The predicted octanol–water partition coefficient (Wildman–Crippen LogP) is 2.35. The van der Waals surface area contributed by atoms with Gasteiger partial charge in [0, 0.05) is 0 Å².